The van der Waals surface area contributed by atoms with Crippen molar-refractivity contribution < 1.29 is 19.1 Å². The highest BCUT2D eigenvalue weighted by atomic mass is 16.5. The number of morpholine rings is 1. The molecule has 2 fully saturated rings. The fourth-order valence-electron chi connectivity index (χ4n) is 5.30. The minimum absolute atomic E-state index is 0.0115. The molecule has 32 heavy (non-hydrogen) atoms. The van der Waals surface area contributed by atoms with Crippen molar-refractivity contribution in [2.45, 2.75) is 65.6 Å². The number of Topliss-reactive ketones (excluding diaryl/α,β-unsaturated/α-hetero) is 1. The highest BCUT2D eigenvalue weighted by Crippen LogP contribution is 2.33. The predicted octanol–water partition coefficient (Wildman–Crippen LogP) is 2.02. The number of nitrogens with zero attached hydrogens (tertiary/aromatic N) is 2. The van der Waals surface area contributed by atoms with Crippen molar-refractivity contribution in [2.75, 3.05) is 26.2 Å². The van der Waals surface area contributed by atoms with Crippen LogP contribution in [-0.4, -0.2) is 70.8 Å². The van der Waals surface area contributed by atoms with Crippen LogP contribution in [0.5, 0.6) is 0 Å². The Kier molecular flexibility index (Phi) is 6.00. The van der Waals surface area contributed by atoms with Gasteiger partial charge in [0.05, 0.1) is 12.2 Å². The zero-order valence-electron chi connectivity index (χ0n) is 19.4. The van der Waals surface area contributed by atoms with Crippen LogP contribution >= 0.6 is 0 Å². The van der Waals surface area contributed by atoms with E-state index in [-0.39, 0.29) is 46.7 Å². The first-order chi connectivity index (χ1) is 15.0. The van der Waals surface area contributed by atoms with Crippen LogP contribution in [0.3, 0.4) is 0 Å². The summed E-state index contributed by atoms with van der Waals surface area (Å²) in [5.41, 5.74) is 0.424. The molecule has 3 aliphatic rings. The topological polar surface area (TPSA) is 99.8 Å². The molecule has 0 spiro atoms. The molecule has 1 aromatic heterocycles. The first-order valence-corrected chi connectivity index (χ1v) is 11.6. The zero-order valence-corrected chi connectivity index (χ0v) is 19.4. The summed E-state index contributed by atoms with van der Waals surface area (Å²) in [6.45, 7) is 9.96. The molecular weight excluding hydrogens is 410 g/mol. The van der Waals surface area contributed by atoms with Crippen molar-refractivity contribution in [1.82, 2.24) is 14.8 Å². The van der Waals surface area contributed by atoms with Crippen LogP contribution in [0, 0.1) is 11.3 Å². The molecule has 3 heterocycles. The third kappa shape index (κ3) is 4.51. The summed E-state index contributed by atoms with van der Waals surface area (Å²) in [4.78, 5) is 57.6. The Labute approximate surface area is 188 Å². The Morgan fingerprint density at radius 3 is 2.28 bits per heavy atom. The number of hydrogen-bond acceptors (Lipinski definition) is 5. The van der Waals surface area contributed by atoms with Gasteiger partial charge in [0.15, 0.2) is 5.78 Å². The van der Waals surface area contributed by atoms with Gasteiger partial charge in [-0.2, -0.15) is 0 Å². The van der Waals surface area contributed by atoms with Crippen molar-refractivity contribution >= 4 is 17.6 Å². The average Bonchev–Trinajstić information content (AvgIpc) is 2.71. The van der Waals surface area contributed by atoms with Crippen molar-refractivity contribution in [1.29, 1.82) is 0 Å². The number of amides is 2. The van der Waals surface area contributed by atoms with Crippen molar-refractivity contribution in [2.24, 2.45) is 11.3 Å². The Morgan fingerprint density at radius 2 is 1.66 bits per heavy atom. The molecule has 0 aromatic carbocycles. The van der Waals surface area contributed by atoms with Crippen molar-refractivity contribution in [3.63, 3.8) is 0 Å². The van der Waals surface area contributed by atoms with E-state index < -0.39 is 5.56 Å². The maximum absolute atomic E-state index is 13.1. The molecule has 8 heteroatoms. The molecular formula is C24H33N3O5. The number of carbonyl (C=O) groups excluding carboxylic acids is 3. The number of carbonyl (C=O) groups is 3. The minimum atomic E-state index is -0.450. The van der Waals surface area contributed by atoms with E-state index in [1.807, 2.05) is 32.6 Å². The molecule has 2 aliphatic heterocycles. The second kappa shape index (κ2) is 8.46. The molecule has 2 atom stereocenters. The lowest BCUT2D eigenvalue weighted by Crippen LogP contribution is -2.52. The van der Waals surface area contributed by atoms with Crippen LogP contribution in [0.2, 0.25) is 0 Å². The fourth-order valence-corrected chi connectivity index (χ4v) is 5.30. The number of nitrogens with one attached hydrogen (secondary N) is 1. The molecule has 0 saturated carbocycles. The van der Waals surface area contributed by atoms with Gasteiger partial charge in [0.2, 0.25) is 5.91 Å². The summed E-state index contributed by atoms with van der Waals surface area (Å²) in [6.07, 6.45) is 2.18. The Hall–Kier alpha value is -2.48. The van der Waals surface area contributed by atoms with E-state index in [0.29, 0.717) is 63.1 Å². The molecule has 2 amide bonds. The van der Waals surface area contributed by atoms with Gasteiger partial charge >= 0.3 is 0 Å². The number of likely N-dealkylation sites (tertiary alicyclic amines) is 1. The summed E-state index contributed by atoms with van der Waals surface area (Å²) in [5, 5.41) is 0. The summed E-state index contributed by atoms with van der Waals surface area (Å²) in [5.74, 6) is -0.410. The first-order valence-electron chi connectivity index (χ1n) is 11.6. The van der Waals surface area contributed by atoms with E-state index in [0.717, 1.165) is 0 Å². The van der Waals surface area contributed by atoms with E-state index in [4.69, 9.17) is 4.74 Å². The monoisotopic (exact) mass is 443 g/mol. The van der Waals surface area contributed by atoms with E-state index in [9.17, 15) is 19.2 Å². The predicted molar refractivity (Wildman–Crippen MR) is 119 cm³/mol. The largest absolute Gasteiger partial charge is 0.372 e. The Balaban J connectivity index is 1.43. The van der Waals surface area contributed by atoms with Gasteiger partial charge in [-0.05, 0) is 44.6 Å². The van der Waals surface area contributed by atoms with E-state index in [2.05, 4.69) is 4.98 Å². The van der Waals surface area contributed by atoms with Crippen LogP contribution < -0.4 is 5.56 Å². The number of fused-ring (bicyclic) bond motifs is 1. The standard InChI is InChI=1S/C24H33N3O5/c1-14-12-27(13-15(2)32-14)22(30)16-5-7-26(8-6-16)23(31)18-9-17-19(25-21(18)29)10-24(3,4)11-20(17)28/h9,14-16H,5-8,10-13H2,1-4H3,(H,25,29). The molecule has 1 aromatic rings. The highest BCUT2D eigenvalue weighted by Gasteiger charge is 2.36. The van der Waals surface area contributed by atoms with Crippen LogP contribution in [0.4, 0.5) is 0 Å². The maximum Gasteiger partial charge on any atom is 0.261 e. The molecule has 4 rings (SSSR count). The molecule has 174 valence electrons. The van der Waals surface area contributed by atoms with E-state index in [1.165, 1.54) is 6.07 Å². The maximum atomic E-state index is 13.1. The Bertz CT molecular complexity index is 980. The van der Waals surface area contributed by atoms with Gasteiger partial charge < -0.3 is 19.5 Å². The first kappa shape index (κ1) is 22.7. The van der Waals surface area contributed by atoms with Crippen LogP contribution in [0.25, 0.3) is 0 Å². The third-order valence-corrected chi connectivity index (χ3v) is 6.81. The summed E-state index contributed by atoms with van der Waals surface area (Å²) < 4.78 is 5.72. The summed E-state index contributed by atoms with van der Waals surface area (Å²) in [6, 6.07) is 1.47. The minimum Gasteiger partial charge on any atom is -0.372 e. The lowest BCUT2D eigenvalue weighted by molar-refractivity contribution is -0.148. The average molecular weight is 444 g/mol. The van der Waals surface area contributed by atoms with E-state index in [1.54, 1.807) is 4.90 Å². The van der Waals surface area contributed by atoms with Gasteiger partial charge in [0.25, 0.3) is 11.5 Å². The molecule has 2 unspecified atom stereocenters. The van der Waals surface area contributed by atoms with Gasteiger partial charge in [-0.25, -0.2) is 0 Å². The summed E-state index contributed by atoms with van der Waals surface area (Å²) >= 11 is 0. The number of hydrogen-bond donors (Lipinski definition) is 1. The summed E-state index contributed by atoms with van der Waals surface area (Å²) in [7, 11) is 0. The smallest absolute Gasteiger partial charge is 0.261 e. The number of pyridine rings is 1. The SMILES string of the molecule is CC1CN(C(=O)C2CCN(C(=O)c3cc4c([nH]c3=O)CC(C)(C)CC4=O)CC2)CC(C)O1. The zero-order chi connectivity index (χ0) is 23.2. The molecule has 1 aliphatic carbocycles. The molecule has 0 bridgehead atoms. The number of rotatable bonds is 2. The van der Waals surface area contributed by atoms with E-state index >= 15 is 0 Å². The Morgan fingerprint density at radius 1 is 1.03 bits per heavy atom. The third-order valence-electron chi connectivity index (χ3n) is 6.81. The van der Waals surface area contributed by atoms with Gasteiger partial charge in [0, 0.05) is 49.8 Å². The fraction of sp³-hybridized carbons (Fsp3) is 0.667. The van der Waals surface area contributed by atoms with Crippen LogP contribution in [0.15, 0.2) is 10.9 Å². The van der Waals surface area contributed by atoms with Gasteiger partial charge in [-0.3, -0.25) is 19.2 Å². The van der Waals surface area contributed by atoms with Crippen LogP contribution in [-0.2, 0) is 16.0 Å². The second-order valence-electron chi connectivity index (χ2n) is 10.4. The number of ether oxygens (including phenoxy) is 1. The quantitative estimate of drug-likeness (QED) is 0.754. The number of aromatic nitrogens is 1. The second-order valence-corrected chi connectivity index (χ2v) is 10.4. The number of H-pyrrole nitrogens is 1. The van der Waals surface area contributed by atoms with Gasteiger partial charge in [-0.15, -0.1) is 0 Å². The molecule has 0 radical (unpaired) electrons. The molecule has 2 saturated heterocycles. The van der Waals surface area contributed by atoms with Crippen molar-refractivity contribution in [3.05, 3.63) is 33.2 Å². The lowest BCUT2D eigenvalue weighted by Gasteiger charge is -2.39. The number of ketones is 1. The van der Waals surface area contributed by atoms with Gasteiger partial charge in [0.1, 0.15) is 5.56 Å². The molecule has 8 nitrogen and oxygen atoms in total. The molecule has 1 N–H and O–H groups in total. The highest BCUT2D eigenvalue weighted by molar-refractivity contribution is 6.02. The van der Waals surface area contributed by atoms with Gasteiger partial charge in [-0.1, -0.05) is 13.8 Å². The van der Waals surface area contributed by atoms with Crippen molar-refractivity contribution in [3.8, 4) is 0 Å². The lowest BCUT2D eigenvalue weighted by atomic mass is 9.75. The number of piperidine rings is 1. The number of aromatic amines is 1. The van der Waals surface area contributed by atoms with Crippen LogP contribution in [0.1, 0.15) is 73.4 Å². The normalized spacial score (nSPS) is 26.1.